The Kier molecular flexibility index (Phi) is 15.8. The minimum atomic E-state index is -1.23. The Hall–Kier alpha value is 2.62. The van der Waals surface area contributed by atoms with E-state index in [-0.39, 0.29) is 19.5 Å². The van der Waals surface area contributed by atoms with Gasteiger partial charge in [0.05, 0.1) is 0 Å². The summed E-state index contributed by atoms with van der Waals surface area (Å²) in [6.07, 6.45) is 2.02. The Morgan fingerprint density at radius 1 is 0.923 bits per heavy atom. The smallest absolute Gasteiger partial charge is 0.747 e. The SMILES string of the molecule is CCP(C)(=S)[S-].CCP(C)(=S)[S-].[Zn+2]. The first-order chi connectivity index (χ1) is 5.12. The van der Waals surface area contributed by atoms with Gasteiger partial charge in [0, 0.05) is 0 Å². The van der Waals surface area contributed by atoms with Crippen LogP contribution in [0.3, 0.4) is 0 Å². The first-order valence-corrected chi connectivity index (χ1v) is 12.6. The van der Waals surface area contributed by atoms with Crippen molar-refractivity contribution in [1.29, 1.82) is 0 Å². The summed E-state index contributed by atoms with van der Waals surface area (Å²) in [5.41, 5.74) is 0. The predicted molar refractivity (Wildman–Crippen MR) is 76.2 cm³/mol. The van der Waals surface area contributed by atoms with E-state index in [2.05, 4.69) is 0 Å². The number of hydrogen-bond acceptors (Lipinski definition) is 4. The van der Waals surface area contributed by atoms with E-state index in [1.54, 1.807) is 0 Å². The third-order valence-electron chi connectivity index (χ3n) is 1.15. The molecule has 0 aromatic rings. The van der Waals surface area contributed by atoms with Crippen LogP contribution in [-0.2, 0) is 67.6 Å². The van der Waals surface area contributed by atoms with Crippen molar-refractivity contribution >= 4 is 58.6 Å². The summed E-state index contributed by atoms with van der Waals surface area (Å²) >= 11 is 19.6. The minimum absolute atomic E-state index is 0. The zero-order valence-corrected chi connectivity index (χ0v) is 16.7. The van der Waals surface area contributed by atoms with E-state index in [0.29, 0.717) is 0 Å². The van der Waals surface area contributed by atoms with Gasteiger partial charge < -0.3 is 24.5 Å². The summed E-state index contributed by atoms with van der Waals surface area (Å²) in [5.74, 6) is 0. The van der Waals surface area contributed by atoms with Gasteiger partial charge in [-0.25, -0.2) is 0 Å². The molecule has 0 fully saturated rings. The largest absolute Gasteiger partial charge is 2.00 e. The molecule has 13 heavy (non-hydrogen) atoms. The summed E-state index contributed by atoms with van der Waals surface area (Å²) in [6, 6.07) is 0. The second kappa shape index (κ2) is 9.82. The molecule has 0 heterocycles. The first-order valence-electron chi connectivity index (χ1n) is 3.67. The van der Waals surface area contributed by atoms with Crippen LogP contribution in [0.5, 0.6) is 0 Å². The molecule has 0 rings (SSSR count). The van der Waals surface area contributed by atoms with Crippen LogP contribution in [0.25, 0.3) is 0 Å². The molecule has 0 spiro atoms. The van der Waals surface area contributed by atoms with Gasteiger partial charge in [0.1, 0.15) is 0 Å². The third-order valence-corrected chi connectivity index (χ3v) is 6.54. The van der Waals surface area contributed by atoms with Gasteiger partial charge in [0.25, 0.3) is 0 Å². The zero-order chi connectivity index (χ0) is 10.4. The summed E-state index contributed by atoms with van der Waals surface area (Å²) in [5, 5.41) is -2.46. The van der Waals surface area contributed by atoms with Crippen LogP contribution in [0.15, 0.2) is 0 Å². The van der Waals surface area contributed by atoms with Gasteiger partial charge in [-0.05, 0) is 12.3 Å². The van der Waals surface area contributed by atoms with Crippen LogP contribution in [-0.4, -0.2) is 25.7 Å². The standard InChI is InChI=1S/2C3H9PS2.Zn/c2*1-3-4(2,5)6;/h2*3H2,1-2H3,(H,5,6);/q;;+2/p-2. The molecule has 0 saturated carbocycles. The van der Waals surface area contributed by atoms with E-state index in [9.17, 15) is 0 Å². The third kappa shape index (κ3) is 31.3. The average Bonchev–Trinajstić information content (AvgIpc) is 1.86. The molecule has 0 aromatic heterocycles. The molecule has 0 aliphatic carbocycles. The Morgan fingerprint density at radius 3 is 1.00 bits per heavy atom. The predicted octanol–water partition coefficient (Wildman–Crippen LogP) is 3.15. The fourth-order valence-electron chi connectivity index (χ4n) is 0. The van der Waals surface area contributed by atoms with E-state index >= 15 is 0 Å². The quantitative estimate of drug-likeness (QED) is 0.429. The second-order valence-electron chi connectivity index (χ2n) is 2.66. The van der Waals surface area contributed by atoms with Crippen molar-refractivity contribution in [2.24, 2.45) is 0 Å². The van der Waals surface area contributed by atoms with E-state index in [1.165, 1.54) is 0 Å². The Bertz CT molecular complexity index is 173. The molecular weight excluding hydrogens is 328 g/mol. The van der Waals surface area contributed by atoms with Crippen LogP contribution >= 0.6 is 10.5 Å². The van der Waals surface area contributed by atoms with Gasteiger partial charge in [0.15, 0.2) is 0 Å². The normalized spacial score (nSPS) is 18.3. The van der Waals surface area contributed by atoms with Crippen LogP contribution in [0.2, 0.25) is 0 Å². The van der Waals surface area contributed by atoms with Crippen molar-refractivity contribution in [2.75, 3.05) is 25.7 Å². The summed E-state index contributed by atoms with van der Waals surface area (Å²) in [6.45, 7) is 8.07. The maximum absolute atomic E-state index is 4.91. The molecule has 0 nitrogen and oxygen atoms in total. The summed E-state index contributed by atoms with van der Waals surface area (Å²) < 4.78 is 0. The zero-order valence-electron chi connectivity index (χ0n) is 8.65. The van der Waals surface area contributed by atoms with Crippen molar-refractivity contribution in [3.8, 4) is 0 Å². The van der Waals surface area contributed by atoms with Gasteiger partial charge in [0.2, 0.25) is 0 Å². The van der Waals surface area contributed by atoms with E-state index in [4.69, 9.17) is 48.1 Å². The van der Waals surface area contributed by atoms with E-state index in [0.717, 1.165) is 12.3 Å². The fourth-order valence-corrected chi connectivity index (χ4v) is 0. The van der Waals surface area contributed by atoms with Gasteiger partial charge in [-0.2, -0.15) is 10.5 Å². The van der Waals surface area contributed by atoms with Crippen LogP contribution in [0.4, 0.5) is 0 Å². The van der Waals surface area contributed by atoms with E-state index in [1.807, 2.05) is 27.2 Å². The van der Waals surface area contributed by atoms with Gasteiger partial charge in [-0.15, -0.1) is 23.6 Å². The van der Waals surface area contributed by atoms with Crippen molar-refractivity contribution in [3.63, 3.8) is 0 Å². The average molecular weight is 344 g/mol. The van der Waals surface area contributed by atoms with Gasteiger partial charge >= 0.3 is 19.5 Å². The molecule has 0 aromatic carbocycles. The molecule has 76 valence electrons. The second-order valence-corrected chi connectivity index (χ2v) is 19.0. The van der Waals surface area contributed by atoms with Crippen molar-refractivity contribution in [1.82, 2.24) is 0 Å². The minimum Gasteiger partial charge on any atom is -0.747 e. The molecule has 2 atom stereocenters. The molecule has 0 aliphatic rings. The molecule has 7 heteroatoms. The number of rotatable bonds is 2. The van der Waals surface area contributed by atoms with Crippen molar-refractivity contribution in [3.05, 3.63) is 0 Å². The van der Waals surface area contributed by atoms with Gasteiger partial charge in [-0.3, -0.25) is 0 Å². The number of hydrogen-bond donors (Lipinski definition) is 0. The monoisotopic (exact) mass is 342 g/mol. The molecule has 2 unspecified atom stereocenters. The molecule has 0 aliphatic heterocycles. The Balaban J connectivity index is -0.000000143. The molecule has 0 N–H and O–H groups in total. The topological polar surface area (TPSA) is 0 Å². The first kappa shape index (κ1) is 21.0. The molecule has 0 radical (unpaired) electrons. The van der Waals surface area contributed by atoms with Crippen molar-refractivity contribution < 1.29 is 19.5 Å². The van der Waals surface area contributed by atoms with Crippen LogP contribution in [0.1, 0.15) is 13.8 Å². The maximum atomic E-state index is 4.91. The van der Waals surface area contributed by atoms with Crippen molar-refractivity contribution in [2.45, 2.75) is 13.8 Å². The summed E-state index contributed by atoms with van der Waals surface area (Å²) in [7, 11) is 0. The molecule has 0 amide bonds. The van der Waals surface area contributed by atoms with Crippen LogP contribution in [0, 0.1) is 0 Å². The molecule has 0 bridgehead atoms. The van der Waals surface area contributed by atoms with Gasteiger partial charge in [-0.1, -0.05) is 27.2 Å². The Morgan fingerprint density at radius 2 is 1.00 bits per heavy atom. The fraction of sp³-hybridized carbons (Fsp3) is 1.00. The van der Waals surface area contributed by atoms with E-state index < -0.39 is 10.5 Å². The van der Waals surface area contributed by atoms with Crippen LogP contribution < -0.4 is 0 Å². The Labute approximate surface area is 117 Å². The molecule has 0 saturated heterocycles. The molecular formula is C6H16P2S4Zn. The summed E-state index contributed by atoms with van der Waals surface area (Å²) in [4.78, 5) is 0. The maximum Gasteiger partial charge on any atom is 2.00 e.